The lowest BCUT2D eigenvalue weighted by Gasteiger charge is -2.04. The van der Waals surface area contributed by atoms with E-state index >= 15 is 0 Å². The predicted octanol–water partition coefficient (Wildman–Crippen LogP) is 3.28. The van der Waals surface area contributed by atoms with E-state index in [9.17, 15) is 9.18 Å². The summed E-state index contributed by atoms with van der Waals surface area (Å²) in [5.74, 6) is -0.158. The molecule has 0 radical (unpaired) electrons. The highest BCUT2D eigenvalue weighted by molar-refractivity contribution is 7.11. The highest BCUT2D eigenvalue weighted by Gasteiger charge is 2.03. The van der Waals surface area contributed by atoms with Gasteiger partial charge in [0, 0.05) is 5.56 Å². The molecule has 0 aliphatic rings. The lowest BCUT2D eigenvalue weighted by molar-refractivity contribution is 0.112. The quantitative estimate of drug-likeness (QED) is 0.761. The Labute approximate surface area is 96.3 Å². The van der Waals surface area contributed by atoms with E-state index in [1.54, 1.807) is 24.3 Å². The molecule has 0 bridgehead atoms. The third kappa shape index (κ3) is 2.46. The fourth-order valence-electron chi connectivity index (χ4n) is 1.25. The van der Waals surface area contributed by atoms with Crippen molar-refractivity contribution in [3.8, 4) is 5.75 Å². The molecular formula is C12H9FO2S. The number of thiophene rings is 1. The van der Waals surface area contributed by atoms with Crippen molar-refractivity contribution in [2.75, 3.05) is 0 Å². The molecule has 0 saturated heterocycles. The SMILES string of the molecule is O=Cc1cc(COc2ccccc2F)cs1. The zero-order chi connectivity index (χ0) is 11.4. The van der Waals surface area contributed by atoms with Gasteiger partial charge >= 0.3 is 0 Å². The second kappa shape index (κ2) is 4.90. The Kier molecular flexibility index (Phi) is 3.31. The van der Waals surface area contributed by atoms with E-state index in [0.717, 1.165) is 11.8 Å². The van der Waals surface area contributed by atoms with Crippen LogP contribution < -0.4 is 4.74 Å². The van der Waals surface area contributed by atoms with Crippen LogP contribution in [0.5, 0.6) is 5.75 Å². The Balaban J connectivity index is 2.02. The first-order chi connectivity index (χ1) is 7.79. The Morgan fingerprint density at radius 2 is 2.19 bits per heavy atom. The van der Waals surface area contributed by atoms with Crippen molar-refractivity contribution in [2.24, 2.45) is 0 Å². The Morgan fingerprint density at radius 3 is 2.88 bits per heavy atom. The lowest BCUT2D eigenvalue weighted by atomic mass is 10.3. The molecule has 82 valence electrons. The number of benzene rings is 1. The maximum absolute atomic E-state index is 13.2. The molecule has 0 fully saturated rings. The molecule has 0 aliphatic carbocycles. The summed E-state index contributed by atoms with van der Waals surface area (Å²) in [6.45, 7) is 0.269. The number of carbonyl (C=O) groups excluding carboxylic acids is 1. The van der Waals surface area contributed by atoms with Crippen LogP contribution in [0.25, 0.3) is 0 Å². The molecule has 2 nitrogen and oxygen atoms in total. The van der Waals surface area contributed by atoms with Crippen molar-refractivity contribution in [3.05, 3.63) is 52.0 Å². The molecule has 0 aliphatic heterocycles. The van der Waals surface area contributed by atoms with Crippen LogP contribution in [-0.4, -0.2) is 6.29 Å². The molecule has 16 heavy (non-hydrogen) atoms. The topological polar surface area (TPSA) is 26.3 Å². The number of rotatable bonds is 4. The predicted molar refractivity (Wildman–Crippen MR) is 60.4 cm³/mol. The molecule has 0 unspecified atom stereocenters. The Hall–Kier alpha value is -1.68. The monoisotopic (exact) mass is 236 g/mol. The van der Waals surface area contributed by atoms with E-state index in [0.29, 0.717) is 4.88 Å². The largest absolute Gasteiger partial charge is 0.486 e. The lowest BCUT2D eigenvalue weighted by Crippen LogP contribution is -1.95. The number of hydrogen-bond donors (Lipinski definition) is 0. The van der Waals surface area contributed by atoms with Gasteiger partial charge in [0.05, 0.1) is 4.88 Å². The third-order valence-corrected chi connectivity index (χ3v) is 2.93. The van der Waals surface area contributed by atoms with E-state index in [4.69, 9.17) is 4.74 Å². The van der Waals surface area contributed by atoms with Crippen LogP contribution in [0.15, 0.2) is 35.7 Å². The van der Waals surface area contributed by atoms with Crippen LogP contribution in [0, 0.1) is 5.82 Å². The molecule has 0 N–H and O–H groups in total. The number of hydrogen-bond acceptors (Lipinski definition) is 3. The summed E-state index contributed by atoms with van der Waals surface area (Å²) in [6, 6.07) is 7.97. The molecule has 1 aromatic carbocycles. The van der Waals surface area contributed by atoms with Gasteiger partial charge in [-0.05, 0) is 23.6 Å². The van der Waals surface area contributed by atoms with Crippen molar-refractivity contribution in [2.45, 2.75) is 6.61 Å². The third-order valence-electron chi connectivity index (χ3n) is 2.02. The van der Waals surface area contributed by atoms with Gasteiger partial charge < -0.3 is 4.74 Å². The molecule has 4 heteroatoms. The van der Waals surface area contributed by atoms with Gasteiger partial charge in [-0.1, -0.05) is 12.1 Å². The molecule has 0 saturated carbocycles. The maximum atomic E-state index is 13.2. The maximum Gasteiger partial charge on any atom is 0.165 e. The van der Waals surface area contributed by atoms with Crippen molar-refractivity contribution < 1.29 is 13.9 Å². The van der Waals surface area contributed by atoms with Crippen LogP contribution in [0.1, 0.15) is 15.2 Å². The minimum absolute atomic E-state index is 0.223. The number of aldehydes is 1. The molecular weight excluding hydrogens is 227 g/mol. The van der Waals surface area contributed by atoms with Crippen molar-refractivity contribution in [1.82, 2.24) is 0 Å². The van der Waals surface area contributed by atoms with Gasteiger partial charge in [-0.3, -0.25) is 4.79 Å². The second-order valence-corrected chi connectivity index (χ2v) is 4.14. The van der Waals surface area contributed by atoms with Crippen LogP contribution in [0.3, 0.4) is 0 Å². The summed E-state index contributed by atoms with van der Waals surface area (Å²) in [7, 11) is 0. The molecule has 1 aromatic heterocycles. The number of para-hydroxylation sites is 1. The highest BCUT2D eigenvalue weighted by Crippen LogP contribution is 2.19. The molecule has 0 spiro atoms. The van der Waals surface area contributed by atoms with E-state index in [1.807, 2.05) is 5.38 Å². The van der Waals surface area contributed by atoms with Gasteiger partial charge in [-0.15, -0.1) is 11.3 Å². The van der Waals surface area contributed by atoms with Crippen molar-refractivity contribution in [1.29, 1.82) is 0 Å². The van der Waals surface area contributed by atoms with Crippen LogP contribution >= 0.6 is 11.3 Å². The fraction of sp³-hybridized carbons (Fsp3) is 0.0833. The average Bonchev–Trinajstić information content (AvgIpc) is 2.76. The zero-order valence-electron chi connectivity index (χ0n) is 8.35. The molecule has 1 heterocycles. The molecule has 0 amide bonds. The summed E-state index contributed by atoms with van der Waals surface area (Å²) in [6.07, 6.45) is 0.789. The molecule has 2 rings (SSSR count). The smallest absolute Gasteiger partial charge is 0.165 e. The molecule has 0 atom stereocenters. The zero-order valence-corrected chi connectivity index (χ0v) is 9.17. The van der Waals surface area contributed by atoms with Gasteiger partial charge in [-0.2, -0.15) is 0 Å². The minimum Gasteiger partial charge on any atom is -0.486 e. The fourth-order valence-corrected chi connectivity index (χ4v) is 1.95. The highest BCUT2D eigenvalue weighted by atomic mass is 32.1. The van der Waals surface area contributed by atoms with Gasteiger partial charge in [-0.25, -0.2) is 4.39 Å². The van der Waals surface area contributed by atoms with E-state index < -0.39 is 0 Å². The standard InChI is InChI=1S/C12H9FO2S/c13-11-3-1-2-4-12(11)15-7-9-5-10(6-14)16-8-9/h1-6,8H,7H2. The van der Waals surface area contributed by atoms with Gasteiger partial charge in [0.25, 0.3) is 0 Å². The summed E-state index contributed by atoms with van der Waals surface area (Å²) < 4.78 is 18.5. The van der Waals surface area contributed by atoms with Gasteiger partial charge in [0.2, 0.25) is 0 Å². The first-order valence-corrected chi connectivity index (χ1v) is 5.57. The summed E-state index contributed by atoms with van der Waals surface area (Å²) >= 11 is 1.35. The normalized spacial score (nSPS) is 10.1. The van der Waals surface area contributed by atoms with Crippen LogP contribution in [0.4, 0.5) is 4.39 Å². The van der Waals surface area contributed by atoms with Crippen LogP contribution in [0.2, 0.25) is 0 Å². The van der Waals surface area contributed by atoms with E-state index in [-0.39, 0.29) is 18.2 Å². The average molecular weight is 236 g/mol. The van der Waals surface area contributed by atoms with Crippen LogP contribution in [-0.2, 0) is 6.61 Å². The van der Waals surface area contributed by atoms with Gasteiger partial charge in [0.15, 0.2) is 17.9 Å². The van der Waals surface area contributed by atoms with E-state index in [1.165, 1.54) is 17.4 Å². The van der Waals surface area contributed by atoms with Crippen molar-refractivity contribution in [3.63, 3.8) is 0 Å². The number of ether oxygens (including phenoxy) is 1. The second-order valence-electron chi connectivity index (χ2n) is 3.19. The first kappa shape index (κ1) is 10.8. The number of carbonyl (C=O) groups is 1. The Morgan fingerprint density at radius 1 is 1.38 bits per heavy atom. The summed E-state index contributed by atoms with van der Waals surface area (Å²) in [4.78, 5) is 11.1. The first-order valence-electron chi connectivity index (χ1n) is 4.69. The summed E-state index contributed by atoms with van der Waals surface area (Å²) in [5, 5.41) is 1.82. The summed E-state index contributed by atoms with van der Waals surface area (Å²) in [5.41, 5.74) is 0.871. The van der Waals surface area contributed by atoms with Gasteiger partial charge in [0.1, 0.15) is 6.61 Å². The number of halogens is 1. The minimum atomic E-state index is -0.381. The van der Waals surface area contributed by atoms with Crippen molar-refractivity contribution >= 4 is 17.6 Å². The molecule has 2 aromatic rings. The Bertz CT molecular complexity index is 493. The van der Waals surface area contributed by atoms with E-state index in [2.05, 4.69) is 0 Å².